The molecule has 0 aromatic heterocycles. The summed E-state index contributed by atoms with van der Waals surface area (Å²) in [6.45, 7) is 6.02. The second-order valence-electron chi connectivity index (χ2n) is 6.71. The van der Waals surface area contributed by atoms with Gasteiger partial charge in [-0.3, -0.25) is 9.59 Å². The van der Waals surface area contributed by atoms with Crippen LogP contribution in [0.5, 0.6) is 5.75 Å². The van der Waals surface area contributed by atoms with Crippen LogP contribution in [-0.2, 0) is 14.8 Å². The minimum atomic E-state index is -3.81. The number of carbonyl (C=O) groups is 2. The highest BCUT2D eigenvalue weighted by Crippen LogP contribution is 2.15. The summed E-state index contributed by atoms with van der Waals surface area (Å²) in [5, 5.41) is 10.5. The Hall–Kier alpha value is -2.91. The first-order valence-electron chi connectivity index (χ1n) is 9.09. The summed E-state index contributed by atoms with van der Waals surface area (Å²) in [6.07, 6.45) is 0. The highest BCUT2D eigenvalue weighted by molar-refractivity contribution is 7.89. The molecule has 0 saturated heterocycles. The number of carbonyl (C=O) groups excluding carboxylic acids is 2. The number of rotatable bonds is 8. The summed E-state index contributed by atoms with van der Waals surface area (Å²) in [5.74, 6) is -0.315. The van der Waals surface area contributed by atoms with Crippen molar-refractivity contribution in [2.45, 2.75) is 31.7 Å². The molecule has 2 aromatic carbocycles. The second-order valence-corrected chi connectivity index (χ2v) is 8.27. The minimum absolute atomic E-state index is 0.0558. The van der Waals surface area contributed by atoms with E-state index in [-0.39, 0.29) is 16.7 Å². The number of hydrogen-bond donors (Lipinski definition) is 3. The maximum absolute atomic E-state index is 12.7. The van der Waals surface area contributed by atoms with Gasteiger partial charge in [0.15, 0.2) is 0 Å². The molecule has 2 aromatic rings. The first-order chi connectivity index (χ1) is 13.6. The lowest BCUT2D eigenvalue weighted by molar-refractivity contribution is -0.118. The Bertz CT molecular complexity index is 955. The number of primary sulfonamides is 1. The van der Waals surface area contributed by atoms with Crippen molar-refractivity contribution in [3.05, 3.63) is 54.1 Å². The molecule has 0 aliphatic heterocycles. The third-order valence-corrected chi connectivity index (χ3v) is 5.04. The summed E-state index contributed by atoms with van der Waals surface area (Å²) in [6, 6.07) is 11.3. The van der Waals surface area contributed by atoms with Crippen LogP contribution in [0, 0.1) is 5.92 Å². The van der Waals surface area contributed by atoms with Crippen LogP contribution in [0.1, 0.15) is 31.1 Å². The van der Waals surface area contributed by atoms with Gasteiger partial charge in [-0.05, 0) is 61.4 Å². The average Bonchev–Trinajstić information content (AvgIpc) is 2.66. The Labute approximate surface area is 170 Å². The van der Waals surface area contributed by atoms with Gasteiger partial charge in [-0.2, -0.15) is 0 Å². The van der Waals surface area contributed by atoms with Gasteiger partial charge in [0, 0.05) is 11.3 Å². The van der Waals surface area contributed by atoms with Crippen molar-refractivity contribution >= 4 is 27.5 Å². The molecule has 0 fully saturated rings. The maximum atomic E-state index is 12.7. The average molecular weight is 420 g/mol. The van der Waals surface area contributed by atoms with E-state index in [0.29, 0.717) is 23.6 Å². The van der Waals surface area contributed by atoms with Gasteiger partial charge in [0.25, 0.3) is 5.91 Å². The van der Waals surface area contributed by atoms with E-state index in [1.54, 1.807) is 24.3 Å². The van der Waals surface area contributed by atoms with Crippen LogP contribution < -0.4 is 20.5 Å². The zero-order valence-electron chi connectivity index (χ0n) is 16.5. The van der Waals surface area contributed by atoms with E-state index in [1.165, 1.54) is 24.3 Å². The number of anilines is 1. The summed E-state index contributed by atoms with van der Waals surface area (Å²) >= 11 is 0. The minimum Gasteiger partial charge on any atom is -0.494 e. The lowest BCUT2D eigenvalue weighted by Gasteiger charge is -2.22. The molecule has 0 spiro atoms. The lowest BCUT2D eigenvalue weighted by Crippen LogP contribution is -2.47. The number of nitrogens with one attached hydrogen (secondary N) is 2. The number of benzene rings is 2. The molecule has 4 N–H and O–H groups in total. The fourth-order valence-electron chi connectivity index (χ4n) is 2.58. The molecule has 29 heavy (non-hydrogen) atoms. The van der Waals surface area contributed by atoms with E-state index in [0.717, 1.165) is 0 Å². The first-order valence-corrected chi connectivity index (χ1v) is 10.6. The molecule has 0 aliphatic rings. The molecule has 2 rings (SSSR count). The third-order valence-electron chi connectivity index (χ3n) is 4.11. The van der Waals surface area contributed by atoms with Crippen LogP contribution in [0.25, 0.3) is 0 Å². The quantitative estimate of drug-likeness (QED) is 0.604. The zero-order valence-corrected chi connectivity index (χ0v) is 17.3. The Morgan fingerprint density at radius 2 is 1.62 bits per heavy atom. The monoisotopic (exact) mass is 419 g/mol. The van der Waals surface area contributed by atoms with Crippen molar-refractivity contribution in [2.24, 2.45) is 11.1 Å². The molecule has 156 valence electrons. The Morgan fingerprint density at radius 3 is 2.10 bits per heavy atom. The van der Waals surface area contributed by atoms with Gasteiger partial charge in [-0.1, -0.05) is 13.8 Å². The van der Waals surface area contributed by atoms with Gasteiger partial charge in [-0.15, -0.1) is 0 Å². The van der Waals surface area contributed by atoms with Gasteiger partial charge in [0.05, 0.1) is 11.5 Å². The highest BCUT2D eigenvalue weighted by atomic mass is 32.2. The molecule has 0 aliphatic carbocycles. The zero-order chi connectivity index (χ0) is 21.6. The van der Waals surface area contributed by atoms with Gasteiger partial charge in [0.2, 0.25) is 15.9 Å². The summed E-state index contributed by atoms with van der Waals surface area (Å²) in [4.78, 5) is 25.1. The van der Waals surface area contributed by atoms with Crippen LogP contribution in [-0.4, -0.2) is 32.9 Å². The maximum Gasteiger partial charge on any atom is 0.251 e. The summed E-state index contributed by atoms with van der Waals surface area (Å²) < 4.78 is 28.0. The predicted octanol–water partition coefficient (Wildman–Crippen LogP) is 2.13. The van der Waals surface area contributed by atoms with E-state index in [2.05, 4.69) is 10.6 Å². The molecule has 0 bridgehead atoms. The first kappa shape index (κ1) is 22.4. The van der Waals surface area contributed by atoms with Crippen LogP contribution in [0.3, 0.4) is 0 Å². The van der Waals surface area contributed by atoms with Crippen molar-refractivity contribution in [3.63, 3.8) is 0 Å². The van der Waals surface area contributed by atoms with E-state index < -0.39 is 22.0 Å². The number of amides is 2. The Morgan fingerprint density at radius 1 is 1.03 bits per heavy atom. The molecule has 0 heterocycles. The second kappa shape index (κ2) is 9.53. The fourth-order valence-corrected chi connectivity index (χ4v) is 3.09. The number of nitrogens with two attached hydrogens (primary N) is 1. The van der Waals surface area contributed by atoms with Gasteiger partial charge >= 0.3 is 0 Å². The molecule has 0 saturated carbocycles. The summed E-state index contributed by atoms with van der Waals surface area (Å²) in [5.41, 5.74) is 0.799. The number of sulfonamides is 1. The molecule has 1 atom stereocenters. The normalized spacial score (nSPS) is 12.3. The number of hydrogen-bond acceptors (Lipinski definition) is 5. The lowest BCUT2D eigenvalue weighted by atomic mass is 10.0. The molecule has 8 nitrogen and oxygen atoms in total. The summed E-state index contributed by atoms with van der Waals surface area (Å²) in [7, 11) is -3.81. The molecular formula is C20H25N3O5S. The smallest absolute Gasteiger partial charge is 0.251 e. The van der Waals surface area contributed by atoms with Crippen molar-refractivity contribution in [1.82, 2.24) is 5.32 Å². The van der Waals surface area contributed by atoms with Crippen molar-refractivity contribution < 1.29 is 22.7 Å². The van der Waals surface area contributed by atoms with Crippen molar-refractivity contribution in [1.29, 1.82) is 0 Å². The van der Waals surface area contributed by atoms with E-state index in [9.17, 15) is 18.0 Å². The fraction of sp³-hybridized carbons (Fsp3) is 0.300. The molecular weight excluding hydrogens is 394 g/mol. The van der Waals surface area contributed by atoms with Crippen LogP contribution in [0.2, 0.25) is 0 Å². The van der Waals surface area contributed by atoms with Crippen molar-refractivity contribution in [3.8, 4) is 5.75 Å². The van der Waals surface area contributed by atoms with E-state index >= 15 is 0 Å². The Kier molecular flexibility index (Phi) is 7.35. The van der Waals surface area contributed by atoms with E-state index in [4.69, 9.17) is 9.88 Å². The number of ether oxygens (including phenoxy) is 1. The highest BCUT2D eigenvalue weighted by Gasteiger charge is 2.25. The standard InChI is InChI=1S/C20H25N3O5S/c1-4-28-16-9-5-14(6-10-16)19(24)23-18(13(2)3)20(25)22-15-7-11-17(12-8-15)29(21,26)27/h5-13,18H,4H2,1-3H3,(H,22,25)(H,23,24)(H2,21,26,27)/t18-/m0/s1. The van der Waals surface area contributed by atoms with Crippen molar-refractivity contribution in [2.75, 3.05) is 11.9 Å². The molecule has 0 radical (unpaired) electrons. The molecule has 0 unspecified atom stereocenters. The Balaban J connectivity index is 2.08. The van der Waals surface area contributed by atoms with Crippen LogP contribution in [0.15, 0.2) is 53.4 Å². The van der Waals surface area contributed by atoms with Crippen LogP contribution >= 0.6 is 0 Å². The third kappa shape index (κ3) is 6.30. The van der Waals surface area contributed by atoms with Crippen LogP contribution in [0.4, 0.5) is 5.69 Å². The van der Waals surface area contributed by atoms with Gasteiger partial charge in [-0.25, -0.2) is 13.6 Å². The molecule has 9 heteroatoms. The molecule has 2 amide bonds. The van der Waals surface area contributed by atoms with Gasteiger partial charge in [0.1, 0.15) is 11.8 Å². The van der Waals surface area contributed by atoms with E-state index in [1.807, 2.05) is 20.8 Å². The topological polar surface area (TPSA) is 128 Å². The van der Waals surface area contributed by atoms with Gasteiger partial charge < -0.3 is 15.4 Å². The largest absolute Gasteiger partial charge is 0.494 e. The predicted molar refractivity (Wildman–Crippen MR) is 110 cm³/mol. The SMILES string of the molecule is CCOc1ccc(C(=O)N[C@H](C(=O)Nc2ccc(S(N)(=O)=O)cc2)C(C)C)cc1.